The summed E-state index contributed by atoms with van der Waals surface area (Å²) in [6.07, 6.45) is 1.63. The molecule has 0 spiro atoms. The number of esters is 1. The zero-order valence-corrected chi connectivity index (χ0v) is 17.7. The lowest BCUT2D eigenvalue weighted by molar-refractivity contribution is -0.384. The number of ether oxygens (including phenoxy) is 1. The quantitative estimate of drug-likeness (QED) is 0.214. The molecule has 0 radical (unpaired) electrons. The number of nitrogens with zero attached hydrogens (tertiary/aromatic N) is 1. The third kappa shape index (κ3) is 6.10. The Hall–Kier alpha value is -3.78. The topological polar surface area (TPSA) is 98.5 Å². The molecule has 156 valence electrons. The van der Waals surface area contributed by atoms with Crippen LogP contribution in [0.3, 0.4) is 0 Å². The van der Waals surface area contributed by atoms with Crippen molar-refractivity contribution < 1.29 is 19.2 Å². The molecule has 0 heterocycles. The van der Waals surface area contributed by atoms with Crippen LogP contribution < -0.4 is 5.32 Å². The van der Waals surface area contributed by atoms with E-state index in [0.717, 1.165) is 5.56 Å². The summed E-state index contributed by atoms with van der Waals surface area (Å²) in [4.78, 5) is 35.7. The first-order valence-corrected chi connectivity index (χ1v) is 9.97. The van der Waals surface area contributed by atoms with Crippen LogP contribution >= 0.6 is 15.9 Å². The average Bonchev–Trinajstić information content (AvgIpc) is 2.78. The van der Waals surface area contributed by atoms with Crippen molar-refractivity contribution in [2.24, 2.45) is 0 Å². The molecule has 0 aromatic heterocycles. The van der Waals surface area contributed by atoms with Gasteiger partial charge in [0.2, 0.25) is 6.10 Å². The van der Waals surface area contributed by atoms with Crippen LogP contribution in [-0.2, 0) is 14.3 Å². The lowest BCUT2D eigenvalue weighted by Gasteiger charge is -2.18. The van der Waals surface area contributed by atoms with Crippen molar-refractivity contribution in [1.82, 2.24) is 0 Å². The van der Waals surface area contributed by atoms with Crippen LogP contribution in [0.1, 0.15) is 17.2 Å². The maximum Gasteiger partial charge on any atom is 0.331 e. The molecule has 7 nitrogen and oxygen atoms in total. The maximum atomic E-state index is 12.9. The predicted octanol–water partition coefficient (Wildman–Crippen LogP) is 5.29. The van der Waals surface area contributed by atoms with Crippen LogP contribution in [0.15, 0.2) is 89.4 Å². The Bertz CT molecular complexity index is 1120. The van der Waals surface area contributed by atoms with E-state index in [1.54, 1.807) is 36.4 Å². The number of amides is 1. The molecule has 0 aliphatic rings. The van der Waals surface area contributed by atoms with Gasteiger partial charge in [-0.1, -0.05) is 60.7 Å². The van der Waals surface area contributed by atoms with Crippen molar-refractivity contribution in [3.63, 3.8) is 0 Å². The number of halogens is 1. The van der Waals surface area contributed by atoms with E-state index in [4.69, 9.17) is 4.74 Å². The number of rotatable bonds is 7. The predicted molar refractivity (Wildman–Crippen MR) is 120 cm³/mol. The van der Waals surface area contributed by atoms with Crippen LogP contribution in [0.4, 0.5) is 11.4 Å². The van der Waals surface area contributed by atoms with Gasteiger partial charge < -0.3 is 10.1 Å². The van der Waals surface area contributed by atoms with Crippen molar-refractivity contribution >= 4 is 45.3 Å². The highest BCUT2D eigenvalue weighted by molar-refractivity contribution is 9.10. The summed E-state index contributed by atoms with van der Waals surface area (Å²) in [5, 5.41) is 13.5. The monoisotopic (exact) mass is 480 g/mol. The Labute approximate surface area is 186 Å². The number of benzene rings is 3. The van der Waals surface area contributed by atoms with E-state index in [-0.39, 0.29) is 5.69 Å². The third-order valence-electron chi connectivity index (χ3n) is 4.21. The van der Waals surface area contributed by atoms with Gasteiger partial charge in [-0.05, 0) is 33.6 Å². The SMILES string of the molecule is O=C(/C=C/c1ccccc1)OC(C(=O)Nc1ccc([N+](=O)[O-])cc1Br)c1ccccc1. The summed E-state index contributed by atoms with van der Waals surface area (Å²) in [6, 6.07) is 21.7. The van der Waals surface area contributed by atoms with Gasteiger partial charge in [0, 0.05) is 28.2 Å². The van der Waals surface area contributed by atoms with Crippen LogP contribution in [0.2, 0.25) is 0 Å². The first-order chi connectivity index (χ1) is 14.9. The van der Waals surface area contributed by atoms with Gasteiger partial charge in [-0.15, -0.1) is 0 Å². The number of non-ortho nitro benzene ring substituents is 1. The minimum atomic E-state index is -1.21. The normalized spacial score (nSPS) is 11.6. The Morgan fingerprint density at radius 3 is 2.26 bits per heavy atom. The summed E-state index contributed by atoms with van der Waals surface area (Å²) in [5.74, 6) is -1.28. The summed E-state index contributed by atoms with van der Waals surface area (Å²) in [6.45, 7) is 0. The molecular formula is C23H17BrN2O5. The van der Waals surface area contributed by atoms with Crippen LogP contribution in [-0.4, -0.2) is 16.8 Å². The molecule has 3 aromatic carbocycles. The number of nitro groups is 1. The molecule has 0 bridgehead atoms. The van der Waals surface area contributed by atoms with Crippen molar-refractivity contribution in [2.45, 2.75) is 6.10 Å². The molecule has 1 amide bonds. The molecule has 1 unspecified atom stereocenters. The second kappa shape index (κ2) is 10.3. The number of hydrogen-bond acceptors (Lipinski definition) is 5. The highest BCUT2D eigenvalue weighted by atomic mass is 79.9. The van der Waals surface area contributed by atoms with Crippen molar-refractivity contribution in [2.75, 3.05) is 5.32 Å². The van der Waals surface area contributed by atoms with Gasteiger partial charge >= 0.3 is 5.97 Å². The van der Waals surface area contributed by atoms with Gasteiger partial charge in [0.05, 0.1) is 10.6 Å². The van der Waals surface area contributed by atoms with Gasteiger partial charge in [-0.2, -0.15) is 0 Å². The molecule has 1 N–H and O–H groups in total. The minimum Gasteiger partial charge on any atom is -0.444 e. The van der Waals surface area contributed by atoms with E-state index in [1.165, 1.54) is 24.3 Å². The van der Waals surface area contributed by atoms with Gasteiger partial charge in [0.1, 0.15) is 0 Å². The molecule has 31 heavy (non-hydrogen) atoms. The minimum absolute atomic E-state index is 0.123. The van der Waals surface area contributed by atoms with E-state index in [9.17, 15) is 19.7 Å². The Morgan fingerprint density at radius 2 is 1.65 bits per heavy atom. The fraction of sp³-hybridized carbons (Fsp3) is 0.0435. The molecule has 3 rings (SSSR count). The standard InChI is InChI=1S/C23H17BrN2O5/c24-19-15-18(26(29)30)12-13-20(19)25-23(28)22(17-9-5-2-6-10-17)31-21(27)14-11-16-7-3-1-4-8-16/h1-15,22H,(H,25,28)/b14-11+. The van der Waals surface area contributed by atoms with Gasteiger partial charge in [-0.3, -0.25) is 14.9 Å². The van der Waals surface area contributed by atoms with Crippen LogP contribution in [0.5, 0.6) is 0 Å². The molecule has 0 fully saturated rings. The smallest absolute Gasteiger partial charge is 0.331 e. The van der Waals surface area contributed by atoms with E-state index in [1.807, 2.05) is 30.3 Å². The van der Waals surface area contributed by atoms with Crippen molar-refractivity contribution in [3.05, 3.63) is 111 Å². The fourth-order valence-corrected chi connectivity index (χ4v) is 3.17. The van der Waals surface area contributed by atoms with Crippen LogP contribution in [0, 0.1) is 10.1 Å². The van der Waals surface area contributed by atoms with E-state index < -0.39 is 22.9 Å². The van der Waals surface area contributed by atoms with Gasteiger partial charge in [0.25, 0.3) is 11.6 Å². The Kier molecular flexibility index (Phi) is 7.29. The molecule has 8 heteroatoms. The van der Waals surface area contributed by atoms with Crippen molar-refractivity contribution in [3.8, 4) is 0 Å². The lowest BCUT2D eigenvalue weighted by atomic mass is 10.1. The molecule has 0 aliphatic carbocycles. The third-order valence-corrected chi connectivity index (χ3v) is 4.86. The highest BCUT2D eigenvalue weighted by Gasteiger charge is 2.25. The van der Waals surface area contributed by atoms with E-state index >= 15 is 0 Å². The second-order valence-electron chi connectivity index (χ2n) is 6.38. The van der Waals surface area contributed by atoms with Crippen LogP contribution in [0.25, 0.3) is 6.08 Å². The summed E-state index contributed by atoms with van der Waals surface area (Å²) < 4.78 is 5.76. The lowest BCUT2D eigenvalue weighted by Crippen LogP contribution is -2.25. The summed E-state index contributed by atoms with van der Waals surface area (Å²) in [5.41, 5.74) is 1.49. The number of hydrogen-bond donors (Lipinski definition) is 1. The number of carbonyl (C=O) groups is 2. The molecule has 1 atom stereocenters. The zero-order valence-electron chi connectivity index (χ0n) is 16.1. The van der Waals surface area contributed by atoms with Crippen molar-refractivity contribution in [1.29, 1.82) is 0 Å². The number of anilines is 1. The molecule has 0 saturated heterocycles. The Morgan fingerprint density at radius 1 is 1.00 bits per heavy atom. The Balaban J connectivity index is 1.79. The number of carbonyl (C=O) groups excluding carboxylic acids is 2. The first kappa shape index (κ1) is 21.9. The largest absolute Gasteiger partial charge is 0.444 e. The van der Waals surface area contributed by atoms with E-state index in [0.29, 0.717) is 15.7 Å². The molecular weight excluding hydrogens is 464 g/mol. The molecule has 0 aliphatic heterocycles. The first-order valence-electron chi connectivity index (χ1n) is 9.17. The summed E-state index contributed by atoms with van der Waals surface area (Å²) in [7, 11) is 0. The zero-order chi connectivity index (χ0) is 22.2. The highest BCUT2D eigenvalue weighted by Crippen LogP contribution is 2.29. The maximum absolute atomic E-state index is 12.9. The fourth-order valence-electron chi connectivity index (χ4n) is 2.70. The molecule has 3 aromatic rings. The van der Waals surface area contributed by atoms with Gasteiger partial charge in [0.15, 0.2) is 0 Å². The van der Waals surface area contributed by atoms with Gasteiger partial charge in [-0.25, -0.2) is 4.79 Å². The number of nitro benzene ring substituents is 1. The van der Waals surface area contributed by atoms with E-state index in [2.05, 4.69) is 21.2 Å². The second-order valence-corrected chi connectivity index (χ2v) is 7.24. The number of nitrogens with one attached hydrogen (secondary N) is 1. The average molecular weight is 481 g/mol. The summed E-state index contributed by atoms with van der Waals surface area (Å²) >= 11 is 3.21. The molecule has 0 saturated carbocycles.